The van der Waals surface area contributed by atoms with Crippen LogP contribution in [0.3, 0.4) is 0 Å². The minimum absolute atomic E-state index is 0.148. The van der Waals surface area contributed by atoms with Crippen molar-refractivity contribution in [3.63, 3.8) is 0 Å². The van der Waals surface area contributed by atoms with Gasteiger partial charge in [-0.05, 0) is 73.8 Å². The quantitative estimate of drug-likeness (QED) is 0.154. The molecule has 1 aromatic heterocycles. The van der Waals surface area contributed by atoms with Crippen molar-refractivity contribution in [2.45, 2.75) is 147 Å². The van der Waals surface area contributed by atoms with E-state index < -0.39 is 32.0 Å². The molecule has 0 radical (unpaired) electrons. The number of benzene rings is 2. The Hall–Kier alpha value is -4.23. The van der Waals surface area contributed by atoms with Crippen LogP contribution in [-0.2, 0) is 22.5 Å². The molecule has 7 rings (SSSR count). The van der Waals surface area contributed by atoms with E-state index in [9.17, 15) is 14.4 Å². The average molecular weight is 823 g/mol. The number of rotatable bonds is 9. The highest BCUT2D eigenvalue weighted by molar-refractivity contribution is 6.90. The fourth-order valence-corrected chi connectivity index (χ4v) is 15.9. The van der Waals surface area contributed by atoms with Gasteiger partial charge in [0.15, 0.2) is 0 Å². The van der Waals surface area contributed by atoms with E-state index >= 15 is 0 Å². The highest BCUT2D eigenvalue weighted by Gasteiger charge is 2.49. The van der Waals surface area contributed by atoms with Crippen molar-refractivity contribution in [3.05, 3.63) is 58.8 Å². The van der Waals surface area contributed by atoms with Gasteiger partial charge in [0.05, 0.1) is 42.5 Å². The monoisotopic (exact) mass is 822 g/mol. The molecule has 2 aromatic carbocycles. The van der Waals surface area contributed by atoms with Crippen LogP contribution in [0.1, 0.15) is 116 Å². The molecule has 3 fully saturated rings. The number of alkyl halides is 1. The summed E-state index contributed by atoms with van der Waals surface area (Å²) in [7, 11) is -1.99. The van der Waals surface area contributed by atoms with Gasteiger partial charge in [0.2, 0.25) is 0 Å². The predicted octanol–water partition coefficient (Wildman–Crippen LogP) is 9.31. The van der Waals surface area contributed by atoms with Crippen LogP contribution in [0.4, 0.5) is 15.0 Å². The van der Waals surface area contributed by atoms with E-state index in [4.69, 9.17) is 24.2 Å². The van der Waals surface area contributed by atoms with Gasteiger partial charge in [0.1, 0.15) is 32.3 Å². The largest absolute Gasteiger partial charge is 0.461 e. The van der Waals surface area contributed by atoms with Gasteiger partial charge < -0.3 is 24.0 Å². The SMILES string of the molecule is CC(C)[Si](C#Cc1cccc2cccc(C3Cc4nc(OC[C@@]56CCCN5C[C@H](F)C6)nc(N5CCN(C(=O)OC(C)(C)C)[C@@H](CC#N)C5)c4CO3)c12)(C(C)C)C(C)C. The number of hydrogen-bond acceptors (Lipinski definition) is 9. The van der Waals surface area contributed by atoms with Crippen LogP contribution in [0.15, 0.2) is 36.4 Å². The van der Waals surface area contributed by atoms with Crippen LogP contribution < -0.4 is 9.64 Å². The molecule has 0 bridgehead atoms. The Labute approximate surface area is 351 Å². The summed E-state index contributed by atoms with van der Waals surface area (Å²) in [4.78, 5) is 29.5. The lowest BCUT2D eigenvalue weighted by atomic mass is 9.92. The number of carbonyl (C=O) groups excluding carboxylic acids is 1. The molecular weight excluding hydrogens is 760 g/mol. The first-order valence-corrected chi connectivity index (χ1v) is 24.0. The summed E-state index contributed by atoms with van der Waals surface area (Å²) in [6.45, 7) is 22.7. The molecule has 0 N–H and O–H groups in total. The Kier molecular flexibility index (Phi) is 12.4. The number of halogens is 1. The van der Waals surface area contributed by atoms with E-state index in [1.807, 2.05) is 20.8 Å². The van der Waals surface area contributed by atoms with E-state index in [2.05, 4.69) is 105 Å². The second kappa shape index (κ2) is 17.0. The molecule has 0 saturated carbocycles. The predicted molar refractivity (Wildman–Crippen MR) is 233 cm³/mol. The topological polar surface area (TPSA) is 104 Å². The molecule has 4 aliphatic rings. The summed E-state index contributed by atoms with van der Waals surface area (Å²) >= 11 is 0. The van der Waals surface area contributed by atoms with Crippen molar-refractivity contribution >= 4 is 30.8 Å². The van der Waals surface area contributed by atoms with Crippen molar-refractivity contribution in [3.8, 4) is 23.5 Å². The van der Waals surface area contributed by atoms with Gasteiger partial charge in [-0.25, -0.2) is 9.18 Å². The molecule has 0 spiro atoms. The number of hydrogen-bond donors (Lipinski definition) is 0. The normalized spacial score (nSPS) is 23.6. The second-order valence-corrected chi connectivity index (χ2v) is 24.7. The maximum Gasteiger partial charge on any atom is 0.410 e. The summed E-state index contributed by atoms with van der Waals surface area (Å²) in [5.74, 6) is 4.44. The zero-order valence-electron chi connectivity index (χ0n) is 36.6. The lowest BCUT2D eigenvalue weighted by Gasteiger charge is -2.42. The lowest BCUT2D eigenvalue weighted by Crippen LogP contribution is -2.56. The van der Waals surface area contributed by atoms with Crippen molar-refractivity contribution in [2.24, 2.45) is 0 Å². The number of amides is 1. The third kappa shape index (κ3) is 8.56. The number of nitrogens with zero attached hydrogens (tertiary/aromatic N) is 6. The molecule has 1 unspecified atom stereocenters. The van der Waals surface area contributed by atoms with E-state index in [1.54, 1.807) is 4.90 Å². The van der Waals surface area contributed by atoms with Crippen molar-refractivity contribution in [2.75, 3.05) is 44.2 Å². The summed E-state index contributed by atoms with van der Waals surface area (Å²) in [5.41, 5.74) is 8.31. The van der Waals surface area contributed by atoms with Crippen molar-refractivity contribution in [1.29, 1.82) is 5.26 Å². The molecule has 10 nitrogen and oxygen atoms in total. The van der Waals surface area contributed by atoms with Gasteiger partial charge in [-0.2, -0.15) is 15.2 Å². The number of carbonyl (C=O) groups is 1. The second-order valence-electron chi connectivity index (χ2n) is 19.2. The molecule has 3 aromatic rings. The Morgan fingerprint density at radius 1 is 1.03 bits per heavy atom. The molecule has 12 heteroatoms. The highest BCUT2D eigenvalue weighted by Crippen LogP contribution is 2.43. The van der Waals surface area contributed by atoms with E-state index in [-0.39, 0.29) is 30.7 Å². The summed E-state index contributed by atoms with van der Waals surface area (Å²) in [5, 5.41) is 12.1. The van der Waals surface area contributed by atoms with Crippen molar-refractivity contribution in [1.82, 2.24) is 19.8 Å². The van der Waals surface area contributed by atoms with Crippen LogP contribution in [0.2, 0.25) is 16.6 Å². The zero-order valence-corrected chi connectivity index (χ0v) is 37.6. The molecular formula is C47H63FN6O4Si. The molecule has 4 aliphatic heterocycles. The third-order valence-corrected chi connectivity index (χ3v) is 19.7. The zero-order chi connectivity index (χ0) is 42.3. The summed E-state index contributed by atoms with van der Waals surface area (Å²) < 4.78 is 33.8. The summed E-state index contributed by atoms with van der Waals surface area (Å²) in [6, 6.07) is 14.9. The van der Waals surface area contributed by atoms with E-state index in [0.717, 1.165) is 52.5 Å². The van der Waals surface area contributed by atoms with Gasteiger partial charge in [0.25, 0.3) is 0 Å². The number of ether oxygens (including phenoxy) is 3. The molecule has 1 amide bonds. The van der Waals surface area contributed by atoms with Crippen LogP contribution in [0.5, 0.6) is 6.01 Å². The lowest BCUT2D eigenvalue weighted by molar-refractivity contribution is 0.0140. The Balaban J connectivity index is 1.25. The van der Waals surface area contributed by atoms with Crippen molar-refractivity contribution < 1.29 is 23.4 Å². The van der Waals surface area contributed by atoms with Gasteiger partial charge >= 0.3 is 12.1 Å². The molecule has 5 heterocycles. The smallest absolute Gasteiger partial charge is 0.410 e. The number of nitriles is 1. The molecule has 0 aliphatic carbocycles. The van der Waals surface area contributed by atoms with E-state index in [1.165, 1.54) is 0 Å². The first kappa shape index (κ1) is 42.9. The number of piperazine rings is 1. The number of fused-ring (bicyclic) bond motifs is 3. The fourth-order valence-electron chi connectivity index (χ4n) is 10.6. The average Bonchev–Trinajstić information content (AvgIpc) is 3.71. The van der Waals surface area contributed by atoms with Crippen LogP contribution in [0, 0.1) is 22.8 Å². The minimum atomic E-state index is -1.99. The molecule has 316 valence electrons. The van der Waals surface area contributed by atoms with Gasteiger partial charge in [-0.15, -0.1) is 5.54 Å². The highest BCUT2D eigenvalue weighted by atomic mass is 28.3. The first-order valence-electron chi connectivity index (χ1n) is 21.7. The van der Waals surface area contributed by atoms with E-state index in [0.29, 0.717) is 68.1 Å². The summed E-state index contributed by atoms with van der Waals surface area (Å²) in [6.07, 6.45) is 1.39. The maximum atomic E-state index is 14.8. The Morgan fingerprint density at radius 2 is 1.76 bits per heavy atom. The first-order chi connectivity index (χ1) is 28.0. The van der Waals surface area contributed by atoms with Crippen LogP contribution >= 0.6 is 0 Å². The maximum absolute atomic E-state index is 14.8. The molecule has 59 heavy (non-hydrogen) atoms. The van der Waals surface area contributed by atoms with Crippen LogP contribution in [0.25, 0.3) is 10.8 Å². The Bertz CT molecular complexity index is 2110. The standard InChI is InChI=1S/C47H63FN6O4Si/c1-31(2)59(32(3)4,33(5)6)24-18-35-14-10-13-34-15-11-16-38(42(34)35)41-25-40-39(29-56-41)43(51-44(50-40)57-30-47-19-12-21-53(47)27-36(48)26-47)52-22-23-54(37(28-52)17-20-49)45(55)58-46(7,8)9/h10-11,13-16,31-33,36-37,41H,12,17,19,21-23,25-30H2,1-9H3/t36-,37+,41?,47+/m1/s1. The Morgan fingerprint density at radius 3 is 2.46 bits per heavy atom. The minimum Gasteiger partial charge on any atom is -0.461 e. The molecule has 3 saturated heterocycles. The van der Waals surface area contributed by atoms with Gasteiger partial charge in [0, 0.05) is 55.5 Å². The number of aromatic nitrogens is 2. The molecule has 4 atom stereocenters. The fraction of sp³-hybridized carbons (Fsp3) is 0.617. The number of anilines is 1. The third-order valence-electron chi connectivity index (χ3n) is 13.4. The van der Waals surface area contributed by atoms with Crippen LogP contribution in [-0.4, -0.2) is 96.6 Å². The van der Waals surface area contributed by atoms with Gasteiger partial charge in [-0.1, -0.05) is 77.8 Å². The van der Waals surface area contributed by atoms with Gasteiger partial charge in [-0.3, -0.25) is 4.90 Å².